The number of halogens is 1. The molecular weight excluding hydrogens is 334 g/mol. The van der Waals surface area contributed by atoms with E-state index in [1.807, 2.05) is 25.1 Å². The molecule has 0 saturated heterocycles. The first-order valence-electron chi connectivity index (χ1n) is 6.27. The summed E-state index contributed by atoms with van der Waals surface area (Å²) >= 11 is 3.41. The van der Waals surface area contributed by atoms with Gasteiger partial charge in [0.25, 0.3) is 5.91 Å². The van der Waals surface area contributed by atoms with Crippen molar-refractivity contribution in [2.24, 2.45) is 0 Å². The quantitative estimate of drug-likeness (QED) is 0.859. The summed E-state index contributed by atoms with van der Waals surface area (Å²) in [6.45, 7) is 1.95. The van der Waals surface area contributed by atoms with E-state index in [1.165, 1.54) is 7.11 Å². The number of hydrogen-bond acceptors (Lipinski definition) is 3. The molecule has 2 rings (SSSR count). The lowest BCUT2D eigenvalue weighted by Gasteiger charge is -2.07. The monoisotopic (exact) mass is 347 g/mol. The van der Waals surface area contributed by atoms with Gasteiger partial charge in [0.1, 0.15) is 0 Å². The van der Waals surface area contributed by atoms with Crippen molar-refractivity contribution in [3.8, 4) is 0 Å². The van der Waals surface area contributed by atoms with Gasteiger partial charge in [-0.15, -0.1) is 0 Å². The van der Waals surface area contributed by atoms with E-state index >= 15 is 0 Å². The van der Waals surface area contributed by atoms with Gasteiger partial charge < -0.3 is 10.1 Å². The lowest BCUT2D eigenvalue weighted by atomic mass is 10.1. The fourth-order valence-corrected chi connectivity index (χ4v) is 2.05. The molecule has 0 saturated carbocycles. The average Bonchev–Trinajstić information content (AvgIpc) is 2.50. The predicted molar refractivity (Wildman–Crippen MR) is 84.6 cm³/mol. The molecule has 108 valence electrons. The van der Waals surface area contributed by atoms with Gasteiger partial charge in [-0.05, 0) is 55.0 Å². The Balaban J connectivity index is 2.13. The minimum absolute atomic E-state index is 0.229. The SMILES string of the molecule is COC(=O)c1ccc(C(=O)Nc2ccc(Br)c(C)c2)cc1. The van der Waals surface area contributed by atoms with Crippen molar-refractivity contribution in [2.45, 2.75) is 6.92 Å². The summed E-state index contributed by atoms with van der Waals surface area (Å²) in [4.78, 5) is 23.4. The van der Waals surface area contributed by atoms with E-state index in [0.29, 0.717) is 11.1 Å². The molecular formula is C16H14BrNO3. The molecule has 2 aromatic rings. The standard InChI is InChI=1S/C16H14BrNO3/c1-10-9-13(7-8-14(10)17)18-15(19)11-3-5-12(6-4-11)16(20)21-2/h3-9H,1-2H3,(H,18,19). The van der Waals surface area contributed by atoms with E-state index in [1.54, 1.807) is 24.3 Å². The first kappa shape index (κ1) is 15.3. The number of methoxy groups -OCH3 is 1. The fraction of sp³-hybridized carbons (Fsp3) is 0.125. The summed E-state index contributed by atoms with van der Waals surface area (Å²) < 4.78 is 5.60. The minimum atomic E-state index is -0.425. The summed E-state index contributed by atoms with van der Waals surface area (Å²) in [7, 11) is 1.32. The molecule has 0 aliphatic carbocycles. The van der Waals surface area contributed by atoms with Crippen molar-refractivity contribution in [2.75, 3.05) is 12.4 Å². The Bertz CT molecular complexity index is 680. The number of nitrogens with one attached hydrogen (secondary N) is 1. The number of carbonyl (C=O) groups excluding carboxylic acids is 2. The normalized spacial score (nSPS) is 10.0. The molecule has 5 heteroatoms. The molecule has 0 atom stereocenters. The van der Waals surface area contributed by atoms with Gasteiger partial charge in [0.15, 0.2) is 0 Å². The Kier molecular flexibility index (Phi) is 4.75. The van der Waals surface area contributed by atoms with Crippen LogP contribution >= 0.6 is 15.9 Å². The van der Waals surface area contributed by atoms with Gasteiger partial charge in [-0.2, -0.15) is 0 Å². The molecule has 1 amide bonds. The highest BCUT2D eigenvalue weighted by atomic mass is 79.9. The second kappa shape index (κ2) is 6.54. The van der Waals surface area contributed by atoms with Crippen LogP contribution in [0.3, 0.4) is 0 Å². The third kappa shape index (κ3) is 3.70. The van der Waals surface area contributed by atoms with Crippen LogP contribution in [0.15, 0.2) is 46.9 Å². The first-order chi connectivity index (χ1) is 10.0. The number of amides is 1. The smallest absolute Gasteiger partial charge is 0.337 e. The molecule has 4 nitrogen and oxygen atoms in total. The highest BCUT2D eigenvalue weighted by Gasteiger charge is 2.09. The fourth-order valence-electron chi connectivity index (χ4n) is 1.80. The summed E-state index contributed by atoms with van der Waals surface area (Å²) in [6.07, 6.45) is 0. The van der Waals surface area contributed by atoms with Crippen LogP contribution in [0.4, 0.5) is 5.69 Å². The topological polar surface area (TPSA) is 55.4 Å². The van der Waals surface area contributed by atoms with Gasteiger partial charge in [0.05, 0.1) is 12.7 Å². The highest BCUT2D eigenvalue weighted by molar-refractivity contribution is 9.10. The van der Waals surface area contributed by atoms with Crippen molar-refractivity contribution in [1.82, 2.24) is 0 Å². The van der Waals surface area contributed by atoms with Gasteiger partial charge >= 0.3 is 5.97 Å². The van der Waals surface area contributed by atoms with Gasteiger partial charge in [-0.1, -0.05) is 15.9 Å². The van der Waals surface area contributed by atoms with Crippen LogP contribution < -0.4 is 5.32 Å². The van der Waals surface area contributed by atoms with Crippen LogP contribution in [0.1, 0.15) is 26.3 Å². The number of anilines is 1. The van der Waals surface area contributed by atoms with Gasteiger partial charge in [0, 0.05) is 15.7 Å². The second-order valence-corrected chi connectivity index (χ2v) is 5.34. The van der Waals surface area contributed by atoms with Gasteiger partial charge in [-0.3, -0.25) is 4.79 Å². The van der Waals surface area contributed by atoms with E-state index in [4.69, 9.17) is 0 Å². The molecule has 1 N–H and O–H groups in total. The van der Waals surface area contributed by atoms with Crippen molar-refractivity contribution < 1.29 is 14.3 Å². The molecule has 0 spiro atoms. The van der Waals surface area contributed by atoms with Crippen LogP contribution in [-0.2, 0) is 4.74 Å². The van der Waals surface area contributed by atoms with Crippen LogP contribution in [-0.4, -0.2) is 19.0 Å². The van der Waals surface area contributed by atoms with Crippen LogP contribution in [0, 0.1) is 6.92 Å². The van der Waals surface area contributed by atoms with Crippen molar-refractivity contribution in [3.05, 3.63) is 63.6 Å². The Morgan fingerprint density at radius 1 is 1.05 bits per heavy atom. The maximum atomic E-state index is 12.1. The molecule has 21 heavy (non-hydrogen) atoms. The first-order valence-corrected chi connectivity index (χ1v) is 7.06. The molecule has 0 heterocycles. The number of hydrogen-bond donors (Lipinski definition) is 1. The molecule has 0 aromatic heterocycles. The van der Waals surface area contributed by atoms with Crippen LogP contribution in [0.25, 0.3) is 0 Å². The van der Waals surface area contributed by atoms with E-state index < -0.39 is 5.97 Å². The number of carbonyl (C=O) groups is 2. The van der Waals surface area contributed by atoms with Crippen LogP contribution in [0.5, 0.6) is 0 Å². The highest BCUT2D eigenvalue weighted by Crippen LogP contribution is 2.20. The third-order valence-electron chi connectivity index (χ3n) is 2.98. The third-order valence-corrected chi connectivity index (χ3v) is 3.87. The van der Waals surface area contributed by atoms with Crippen molar-refractivity contribution >= 4 is 33.5 Å². The zero-order chi connectivity index (χ0) is 15.4. The predicted octanol–water partition coefficient (Wildman–Crippen LogP) is 3.80. The minimum Gasteiger partial charge on any atom is -0.465 e. The van der Waals surface area contributed by atoms with E-state index in [-0.39, 0.29) is 5.91 Å². The number of esters is 1. The zero-order valence-corrected chi connectivity index (χ0v) is 13.2. The molecule has 0 aliphatic heterocycles. The Morgan fingerprint density at radius 2 is 1.67 bits per heavy atom. The molecule has 2 aromatic carbocycles. The maximum Gasteiger partial charge on any atom is 0.337 e. The second-order valence-electron chi connectivity index (χ2n) is 4.49. The molecule has 0 radical (unpaired) electrons. The lowest BCUT2D eigenvalue weighted by Crippen LogP contribution is -2.12. The number of benzene rings is 2. The number of ether oxygens (including phenoxy) is 1. The van der Waals surface area contributed by atoms with Crippen molar-refractivity contribution in [1.29, 1.82) is 0 Å². The summed E-state index contributed by atoms with van der Waals surface area (Å²) in [5, 5.41) is 2.81. The number of rotatable bonds is 3. The van der Waals surface area contributed by atoms with E-state index in [9.17, 15) is 9.59 Å². The molecule has 0 aliphatic rings. The molecule has 0 bridgehead atoms. The maximum absolute atomic E-state index is 12.1. The van der Waals surface area contributed by atoms with Crippen molar-refractivity contribution in [3.63, 3.8) is 0 Å². The van der Waals surface area contributed by atoms with E-state index in [2.05, 4.69) is 26.0 Å². The summed E-state index contributed by atoms with van der Waals surface area (Å²) in [5.41, 5.74) is 2.64. The number of aryl methyl sites for hydroxylation is 1. The largest absolute Gasteiger partial charge is 0.465 e. The molecule has 0 unspecified atom stereocenters. The Morgan fingerprint density at radius 3 is 2.24 bits per heavy atom. The van der Waals surface area contributed by atoms with Crippen LogP contribution in [0.2, 0.25) is 0 Å². The van der Waals surface area contributed by atoms with E-state index in [0.717, 1.165) is 15.7 Å². The summed E-state index contributed by atoms with van der Waals surface area (Å²) in [5.74, 6) is -0.654. The molecule has 0 fully saturated rings. The Labute approximate surface area is 131 Å². The zero-order valence-electron chi connectivity index (χ0n) is 11.6. The van der Waals surface area contributed by atoms with Gasteiger partial charge in [0.2, 0.25) is 0 Å². The summed E-state index contributed by atoms with van der Waals surface area (Å²) in [6, 6.07) is 11.9. The average molecular weight is 348 g/mol. The van der Waals surface area contributed by atoms with Gasteiger partial charge in [-0.25, -0.2) is 4.79 Å². The Hall–Kier alpha value is -2.14. The lowest BCUT2D eigenvalue weighted by molar-refractivity contribution is 0.0600.